The van der Waals surface area contributed by atoms with Crippen LogP contribution in [0.3, 0.4) is 0 Å². The highest BCUT2D eigenvalue weighted by atomic mass is 32.1. The molecule has 0 spiro atoms. The van der Waals surface area contributed by atoms with Crippen molar-refractivity contribution in [2.24, 2.45) is 5.92 Å². The van der Waals surface area contributed by atoms with Crippen LogP contribution < -0.4 is 5.32 Å². The number of nitrogens with zero attached hydrogens (tertiary/aromatic N) is 1. The molecule has 2 aromatic rings. The van der Waals surface area contributed by atoms with Gasteiger partial charge in [-0.3, -0.25) is 9.59 Å². The molecule has 0 fully saturated rings. The van der Waals surface area contributed by atoms with Crippen LogP contribution in [0.25, 0.3) is 0 Å². The second-order valence-electron chi connectivity index (χ2n) is 5.89. The van der Waals surface area contributed by atoms with Crippen molar-refractivity contribution in [2.45, 2.75) is 33.4 Å². The fraction of sp³-hybridized carbons (Fsp3) is 0.412. The Morgan fingerprint density at radius 3 is 2.48 bits per heavy atom. The molecular formula is C17H22N2O2S2. The molecule has 1 N–H and O–H groups in total. The van der Waals surface area contributed by atoms with Crippen LogP contribution in [0.4, 0.5) is 0 Å². The topological polar surface area (TPSA) is 49.4 Å². The molecule has 2 aromatic heterocycles. The number of hydrogen-bond donors (Lipinski definition) is 1. The van der Waals surface area contributed by atoms with Gasteiger partial charge < -0.3 is 10.2 Å². The van der Waals surface area contributed by atoms with Gasteiger partial charge in [0.15, 0.2) is 0 Å². The van der Waals surface area contributed by atoms with Gasteiger partial charge in [0, 0.05) is 11.9 Å². The third-order valence-electron chi connectivity index (χ3n) is 3.69. The first-order chi connectivity index (χ1) is 10.9. The van der Waals surface area contributed by atoms with Crippen molar-refractivity contribution in [3.05, 3.63) is 44.3 Å². The van der Waals surface area contributed by atoms with E-state index in [4.69, 9.17) is 0 Å². The lowest BCUT2D eigenvalue weighted by atomic mass is 10.0. The number of amides is 2. The molecule has 0 radical (unpaired) electrons. The van der Waals surface area contributed by atoms with E-state index in [0.29, 0.717) is 11.4 Å². The van der Waals surface area contributed by atoms with Crippen LogP contribution >= 0.6 is 22.7 Å². The molecule has 0 bridgehead atoms. The number of carbonyl (C=O) groups is 2. The summed E-state index contributed by atoms with van der Waals surface area (Å²) in [6, 6.07) is 5.13. The van der Waals surface area contributed by atoms with Crippen molar-refractivity contribution < 1.29 is 9.59 Å². The molecule has 0 aliphatic carbocycles. The van der Waals surface area contributed by atoms with Crippen molar-refractivity contribution in [3.8, 4) is 0 Å². The summed E-state index contributed by atoms with van der Waals surface area (Å²) in [5.74, 6) is -0.219. The first kappa shape index (κ1) is 17.7. The van der Waals surface area contributed by atoms with E-state index in [9.17, 15) is 9.59 Å². The SMILES string of the molecule is Cc1ccsc1CN(C)C(=O)C(NC(=O)c1cccs1)C(C)C. The van der Waals surface area contributed by atoms with E-state index in [1.807, 2.05) is 37.6 Å². The monoisotopic (exact) mass is 350 g/mol. The summed E-state index contributed by atoms with van der Waals surface area (Å²) in [7, 11) is 1.79. The zero-order chi connectivity index (χ0) is 17.0. The largest absolute Gasteiger partial charge is 0.339 e. The fourth-order valence-corrected chi connectivity index (χ4v) is 3.82. The van der Waals surface area contributed by atoms with Gasteiger partial charge in [-0.25, -0.2) is 0 Å². The minimum absolute atomic E-state index is 0.0262. The number of thiophene rings is 2. The van der Waals surface area contributed by atoms with Crippen LogP contribution in [0.15, 0.2) is 29.0 Å². The number of hydrogen-bond acceptors (Lipinski definition) is 4. The molecule has 0 saturated carbocycles. The lowest BCUT2D eigenvalue weighted by Crippen LogP contribution is -2.49. The molecule has 0 saturated heterocycles. The Morgan fingerprint density at radius 1 is 1.22 bits per heavy atom. The molecule has 4 nitrogen and oxygen atoms in total. The fourth-order valence-electron chi connectivity index (χ4n) is 2.23. The summed E-state index contributed by atoms with van der Waals surface area (Å²) in [5, 5.41) is 6.76. The predicted octanol–water partition coefficient (Wildman–Crippen LogP) is 3.53. The van der Waals surface area contributed by atoms with Gasteiger partial charge in [-0.1, -0.05) is 19.9 Å². The highest BCUT2D eigenvalue weighted by Crippen LogP contribution is 2.18. The van der Waals surface area contributed by atoms with Crippen LogP contribution in [-0.2, 0) is 11.3 Å². The van der Waals surface area contributed by atoms with E-state index in [-0.39, 0.29) is 17.7 Å². The highest BCUT2D eigenvalue weighted by molar-refractivity contribution is 7.12. The van der Waals surface area contributed by atoms with Crippen LogP contribution in [0.1, 0.15) is 34.0 Å². The van der Waals surface area contributed by atoms with Crippen molar-refractivity contribution in [1.82, 2.24) is 10.2 Å². The number of aryl methyl sites for hydroxylation is 1. The Bertz CT molecular complexity index is 662. The summed E-state index contributed by atoms with van der Waals surface area (Å²) in [5.41, 5.74) is 1.19. The molecule has 0 aromatic carbocycles. The predicted molar refractivity (Wildman–Crippen MR) is 95.9 cm³/mol. The minimum Gasteiger partial charge on any atom is -0.339 e. The summed E-state index contributed by atoms with van der Waals surface area (Å²) in [6.45, 7) is 6.51. The quantitative estimate of drug-likeness (QED) is 0.866. The molecule has 6 heteroatoms. The Balaban J connectivity index is 2.06. The third-order valence-corrected chi connectivity index (χ3v) is 5.57. The maximum atomic E-state index is 12.7. The molecule has 0 aliphatic rings. The maximum absolute atomic E-state index is 12.7. The second-order valence-corrected chi connectivity index (χ2v) is 7.84. The zero-order valence-electron chi connectivity index (χ0n) is 13.8. The van der Waals surface area contributed by atoms with Crippen LogP contribution in [-0.4, -0.2) is 29.8 Å². The van der Waals surface area contributed by atoms with E-state index in [1.165, 1.54) is 21.8 Å². The molecule has 124 valence electrons. The Hall–Kier alpha value is -1.66. The van der Waals surface area contributed by atoms with E-state index < -0.39 is 6.04 Å². The van der Waals surface area contributed by atoms with E-state index in [2.05, 4.69) is 11.4 Å². The summed E-state index contributed by atoms with van der Waals surface area (Å²) in [6.07, 6.45) is 0. The molecule has 0 aliphatic heterocycles. The van der Waals surface area contributed by atoms with E-state index in [1.54, 1.807) is 29.4 Å². The van der Waals surface area contributed by atoms with E-state index in [0.717, 1.165) is 0 Å². The molecule has 2 rings (SSSR count). The number of likely N-dealkylation sites (N-methyl/N-ethyl adjacent to an activating group) is 1. The van der Waals surface area contributed by atoms with Crippen molar-refractivity contribution in [1.29, 1.82) is 0 Å². The average molecular weight is 351 g/mol. The summed E-state index contributed by atoms with van der Waals surface area (Å²) >= 11 is 3.02. The van der Waals surface area contributed by atoms with Gasteiger partial charge in [0.05, 0.1) is 11.4 Å². The number of nitrogens with one attached hydrogen (secondary N) is 1. The normalized spacial score (nSPS) is 12.2. The molecule has 2 heterocycles. The lowest BCUT2D eigenvalue weighted by Gasteiger charge is -2.27. The van der Waals surface area contributed by atoms with E-state index >= 15 is 0 Å². The van der Waals surface area contributed by atoms with Crippen molar-refractivity contribution in [2.75, 3.05) is 7.05 Å². The van der Waals surface area contributed by atoms with Gasteiger partial charge >= 0.3 is 0 Å². The van der Waals surface area contributed by atoms with Gasteiger partial charge in [0.25, 0.3) is 5.91 Å². The van der Waals surface area contributed by atoms with Gasteiger partial charge in [-0.2, -0.15) is 0 Å². The summed E-state index contributed by atoms with van der Waals surface area (Å²) < 4.78 is 0. The van der Waals surface area contributed by atoms with Crippen molar-refractivity contribution in [3.63, 3.8) is 0 Å². The Kier molecular flexibility index (Phi) is 5.96. The lowest BCUT2D eigenvalue weighted by molar-refractivity contribution is -0.133. The standard InChI is InChI=1S/C17H22N2O2S2/c1-11(2)15(18-16(20)13-6-5-8-22-13)17(21)19(4)10-14-12(3)7-9-23-14/h5-9,11,15H,10H2,1-4H3,(H,18,20). The van der Waals surface area contributed by atoms with Gasteiger partial charge in [-0.05, 0) is 41.3 Å². The highest BCUT2D eigenvalue weighted by Gasteiger charge is 2.27. The van der Waals surface area contributed by atoms with Crippen LogP contribution in [0.5, 0.6) is 0 Å². The molecule has 1 unspecified atom stereocenters. The number of carbonyl (C=O) groups excluding carboxylic acids is 2. The smallest absolute Gasteiger partial charge is 0.262 e. The zero-order valence-corrected chi connectivity index (χ0v) is 15.5. The minimum atomic E-state index is -0.519. The van der Waals surface area contributed by atoms with Gasteiger partial charge in [-0.15, -0.1) is 22.7 Å². The molecule has 23 heavy (non-hydrogen) atoms. The van der Waals surface area contributed by atoms with Gasteiger partial charge in [0.2, 0.25) is 5.91 Å². The molecule has 1 atom stereocenters. The molecular weight excluding hydrogens is 328 g/mol. The van der Waals surface area contributed by atoms with Crippen LogP contribution in [0.2, 0.25) is 0 Å². The number of rotatable bonds is 6. The van der Waals surface area contributed by atoms with Crippen molar-refractivity contribution >= 4 is 34.5 Å². The Labute approximate surface area is 145 Å². The second kappa shape index (κ2) is 7.75. The Morgan fingerprint density at radius 2 is 1.96 bits per heavy atom. The first-order valence-corrected chi connectivity index (χ1v) is 9.28. The third kappa shape index (κ3) is 4.42. The van der Waals surface area contributed by atoms with Crippen LogP contribution in [0, 0.1) is 12.8 Å². The molecule has 2 amide bonds. The maximum Gasteiger partial charge on any atom is 0.262 e. The first-order valence-electron chi connectivity index (χ1n) is 7.52. The summed E-state index contributed by atoms with van der Waals surface area (Å²) in [4.78, 5) is 28.5. The van der Waals surface area contributed by atoms with Gasteiger partial charge in [0.1, 0.15) is 6.04 Å². The average Bonchev–Trinajstić information content (AvgIpc) is 3.16.